The van der Waals surface area contributed by atoms with E-state index in [1.807, 2.05) is 85.6 Å². The average molecular weight is 456 g/mol. The highest BCUT2D eigenvalue weighted by Gasteiger charge is 2.32. The highest BCUT2D eigenvalue weighted by molar-refractivity contribution is 5.80. The van der Waals surface area contributed by atoms with Gasteiger partial charge in [0.1, 0.15) is 17.2 Å². The second-order valence-electron chi connectivity index (χ2n) is 8.94. The molecule has 2 aromatic heterocycles. The van der Waals surface area contributed by atoms with Crippen molar-refractivity contribution >= 4 is 5.91 Å². The Hall–Kier alpha value is -3.80. The van der Waals surface area contributed by atoms with Gasteiger partial charge in [0.2, 0.25) is 11.8 Å². The minimum absolute atomic E-state index is 0.0768. The van der Waals surface area contributed by atoms with Crippen LogP contribution in [-0.2, 0) is 24.9 Å². The van der Waals surface area contributed by atoms with Crippen LogP contribution in [0.1, 0.15) is 36.1 Å². The number of ether oxygens (including phenoxy) is 1. The van der Waals surface area contributed by atoms with Gasteiger partial charge in [-0.15, -0.1) is 0 Å². The Balaban J connectivity index is 1.55. The van der Waals surface area contributed by atoms with Crippen molar-refractivity contribution in [2.45, 2.75) is 39.3 Å². The van der Waals surface area contributed by atoms with E-state index in [4.69, 9.17) is 14.3 Å². The molecule has 0 atom stereocenters. The van der Waals surface area contributed by atoms with Crippen molar-refractivity contribution < 1.29 is 13.9 Å². The maximum Gasteiger partial charge on any atom is 0.226 e. The first kappa shape index (κ1) is 22.0. The molecule has 1 aliphatic carbocycles. The molecule has 4 aromatic rings. The molecule has 0 N–H and O–H groups in total. The summed E-state index contributed by atoms with van der Waals surface area (Å²) in [6.07, 6.45) is 4.64. The van der Waals surface area contributed by atoms with E-state index in [1.54, 1.807) is 10.9 Å². The predicted molar refractivity (Wildman–Crippen MR) is 130 cm³/mol. The Labute approximate surface area is 199 Å². The van der Waals surface area contributed by atoms with Crippen LogP contribution in [-0.4, -0.2) is 20.6 Å². The molecule has 0 spiro atoms. The van der Waals surface area contributed by atoms with E-state index in [0.717, 1.165) is 53.2 Å². The van der Waals surface area contributed by atoms with E-state index in [0.29, 0.717) is 19.0 Å². The third-order valence-corrected chi connectivity index (χ3v) is 6.38. The van der Waals surface area contributed by atoms with Crippen LogP contribution in [0.4, 0.5) is 0 Å². The zero-order valence-electron chi connectivity index (χ0n) is 19.6. The highest BCUT2D eigenvalue weighted by Crippen LogP contribution is 2.36. The van der Waals surface area contributed by atoms with E-state index < -0.39 is 0 Å². The van der Waals surface area contributed by atoms with Crippen LogP contribution in [0.25, 0.3) is 11.3 Å². The second-order valence-corrected chi connectivity index (χ2v) is 8.94. The maximum atomic E-state index is 13.4. The normalized spacial score (nSPS) is 13.5. The fraction of sp³-hybridized carbons (Fsp3) is 0.286. The van der Waals surface area contributed by atoms with E-state index in [-0.39, 0.29) is 11.8 Å². The third-order valence-electron chi connectivity index (χ3n) is 6.38. The summed E-state index contributed by atoms with van der Waals surface area (Å²) in [5.41, 5.74) is 3.80. The van der Waals surface area contributed by atoms with E-state index >= 15 is 0 Å². The van der Waals surface area contributed by atoms with Crippen LogP contribution in [0, 0.1) is 12.8 Å². The van der Waals surface area contributed by atoms with Crippen LogP contribution in [0.3, 0.4) is 0 Å². The summed E-state index contributed by atoms with van der Waals surface area (Å²) in [7, 11) is 1.88. The monoisotopic (exact) mass is 455 g/mol. The van der Waals surface area contributed by atoms with E-state index in [1.165, 1.54) is 0 Å². The molecule has 0 unspecified atom stereocenters. The van der Waals surface area contributed by atoms with Crippen LogP contribution in [0.5, 0.6) is 11.6 Å². The third kappa shape index (κ3) is 4.62. The number of nitrogens with zero attached hydrogens (tertiary/aromatic N) is 3. The number of carbonyl (C=O) groups excluding carboxylic acids is 1. The van der Waals surface area contributed by atoms with Crippen LogP contribution >= 0.6 is 0 Å². The number of aryl methyl sites for hydroxylation is 2. The van der Waals surface area contributed by atoms with Crippen molar-refractivity contribution in [2.75, 3.05) is 0 Å². The number of furan rings is 1. The van der Waals surface area contributed by atoms with Gasteiger partial charge < -0.3 is 14.1 Å². The van der Waals surface area contributed by atoms with Crippen LogP contribution in [0.15, 0.2) is 77.4 Å². The molecule has 1 amide bonds. The number of hydrogen-bond donors (Lipinski definition) is 0. The summed E-state index contributed by atoms with van der Waals surface area (Å²) in [5.74, 6) is 2.38. The SMILES string of the molecule is Cc1cccc(Oc2c(CN(Cc3ccco3)C(=O)C3CCC3)c(-c3ccccc3)nn2C)c1. The lowest BCUT2D eigenvalue weighted by Crippen LogP contribution is -2.38. The molecule has 6 heteroatoms. The van der Waals surface area contributed by atoms with E-state index in [9.17, 15) is 4.79 Å². The Morgan fingerprint density at radius 1 is 1.09 bits per heavy atom. The van der Waals surface area contributed by atoms with Gasteiger partial charge in [-0.25, -0.2) is 4.68 Å². The van der Waals surface area contributed by atoms with Gasteiger partial charge in [0.05, 0.1) is 24.9 Å². The van der Waals surface area contributed by atoms with Gasteiger partial charge in [-0.1, -0.05) is 48.9 Å². The summed E-state index contributed by atoms with van der Waals surface area (Å²) in [6, 6.07) is 21.8. The van der Waals surface area contributed by atoms with Gasteiger partial charge in [-0.3, -0.25) is 4.79 Å². The Bertz CT molecular complexity index is 1260. The fourth-order valence-electron chi connectivity index (χ4n) is 4.35. The minimum Gasteiger partial charge on any atom is -0.467 e. The largest absolute Gasteiger partial charge is 0.467 e. The first-order chi connectivity index (χ1) is 16.6. The molecule has 2 heterocycles. The van der Waals surface area contributed by atoms with Crippen LogP contribution < -0.4 is 4.74 Å². The van der Waals surface area contributed by atoms with Crippen molar-refractivity contribution in [1.29, 1.82) is 0 Å². The smallest absolute Gasteiger partial charge is 0.226 e. The van der Waals surface area contributed by atoms with Crippen molar-refractivity contribution in [3.05, 3.63) is 89.9 Å². The molecular weight excluding hydrogens is 426 g/mol. The molecule has 174 valence electrons. The maximum absolute atomic E-state index is 13.4. The fourth-order valence-corrected chi connectivity index (χ4v) is 4.35. The molecule has 6 nitrogen and oxygen atoms in total. The molecule has 5 rings (SSSR count). The highest BCUT2D eigenvalue weighted by atomic mass is 16.5. The molecule has 2 aromatic carbocycles. The topological polar surface area (TPSA) is 60.5 Å². The van der Waals surface area contributed by atoms with Gasteiger partial charge in [0, 0.05) is 18.5 Å². The number of aromatic nitrogens is 2. The summed E-state index contributed by atoms with van der Waals surface area (Å²) in [4.78, 5) is 15.3. The number of rotatable bonds is 8. The Kier molecular flexibility index (Phi) is 6.21. The van der Waals surface area contributed by atoms with Gasteiger partial charge in [0.15, 0.2) is 0 Å². The van der Waals surface area contributed by atoms with Gasteiger partial charge in [0.25, 0.3) is 0 Å². The Morgan fingerprint density at radius 3 is 2.59 bits per heavy atom. The lowest BCUT2D eigenvalue weighted by atomic mass is 9.84. The summed E-state index contributed by atoms with van der Waals surface area (Å²) in [5, 5.41) is 4.82. The number of benzene rings is 2. The Morgan fingerprint density at radius 2 is 1.91 bits per heavy atom. The van der Waals surface area contributed by atoms with Crippen molar-refractivity contribution in [2.24, 2.45) is 13.0 Å². The summed E-state index contributed by atoms with van der Waals surface area (Å²) >= 11 is 0. The summed E-state index contributed by atoms with van der Waals surface area (Å²) in [6.45, 7) is 2.83. The van der Waals surface area contributed by atoms with Crippen molar-refractivity contribution in [3.8, 4) is 22.9 Å². The molecule has 1 saturated carbocycles. The van der Waals surface area contributed by atoms with Crippen molar-refractivity contribution in [1.82, 2.24) is 14.7 Å². The number of carbonyl (C=O) groups is 1. The minimum atomic E-state index is 0.0768. The van der Waals surface area contributed by atoms with E-state index in [2.05, 4.69) is 0 Å². The molecule has 0 saturated heterocycles. The van der Waals surface area contributed by atoms with Gasteiger partial charge >= 0.3 is 0 Å². The molecular formula is C28H29N3O3. The lowest BCUT2D eigenvalue weighted by Gasteiger charge is -2.31. The lowest BCUT2D eigenvalue weighted by molar-refractivity contribution is -0.139. The molecule has 1 aliphatic rings. The van der Waals surface area contributed by atoms with Gasteiger partial charge in [-0.2, -0.15) is 5.10 Å². The molecule has 0 aliphatic heterocycles. The quantitative estimate of drug-likeness (QED) is 0.322. The molecule has 0 bridgehead atoms. The second kappa shape index (κ2) is 9.59. The molecule has 1 fully saturated rings. The number of hydrogen-bond acceptors (Lipinski definition) is 4. The molecule has 34 heavy (non-hydrogen) atoms. The van der Waals surface area contributed by atoms with Crippen molar-refractivity contribution in [3.63, 3.8) is 0 Å². The molecule has 0 radical (unpaired) electrons. The van der Waals surface area contributed by atoms with Crippen LogP contribution in [0.2, 0.25) is 0 Å². The summed E-state index contributed by atoms with van der Waals surface area (Å²) < 4.78 is 13.7. The van der Waals surface area contributed by atoms with Gasteiger partial charge in [-0.05, 0) is 49.6 Å². The first-order valence-electron chi connectivity index (χ1n) is 11.8. The zero-order chi connectivity index (χ0) is 23.5. The first-order valence-corrected chi connectivity index (χ1v) is 11.8. The zero-order valence-corrected chi connectivity index (χ0v) is 19.6. The number of amides is 1. The predicted octanol–water partition coefficient (Wildman–Crippen LogP) is 6.11. The standard InChI is InChI=1S/C28H29N3O3/c1-20-9-6-14-23(17-20)34-28-25(26(29-30(28)2)21-10-4-3-5-11-21)19-31(18-24-15-8-16-33-24)27(32)22-12-7-13-22/h3-6,8-11,14-17,22H,7,12-13,18-19H2,1-2H3. The average Bonchev–Trinajstić information content (AvgIpc) is 3.41.